The minimum Gasteiger partial charge on any atom is -0.492 e. The van der Waals surface area contributed by atoms with Crippen molar-refractivity contribution in [2.24, 2.45) is 0 Å². The van der Waals surface area contributed by atoms with Crippen LogP contribution in [0.4, 0.5) is 0 Å². The van der Waals surface area contributed by atoms with Gasteiger partial charge in [0.1, 0.15) is 19.0 Å². The van der Waals surface area contributed by atoms with Crippen LogP contribution in [0, 0.1) is 30.9 Å². The van der Waals surface area contributed by atoms with E-state index >= 15 is 0 Å². The molecule has 3 aromatic heterocycles. The molecular weight excluding hydrogens is 723 g/mol. The van der Waals surface area contributed by atoms with E-state index in [9.17, 15) is 10.1 Å². The van der Waals surface area contributed by atoms with Crippen molar-refractivity contribution in [1.82, 2.24) is 19.9 Å². The van der Waals surface area contributed by atoms with Gasteiger partial charge in [0.25, 0.3) is 5.09 Å². The van der Waals surface area contributed by atoms with E-state index < -0.39 is 5.09 Å². The van der Waals surface area contributed by atoms with Crippen LogP contribution in [-0.4, -0.2) is 38.2 Å². The fraction of sp³-hybridized carbons (Fsp3) is 0.102. The lowest BCUT2D eigenvalue weighted by Gasteiger charge is -2.09. The minimum absolute atomic E-state index is 0.0438. The zero-order valence-electron chi connectivity index (χ0n) is 32.2. The molecule has 4 aromatic carbocycles. The summed E-state index contributed by atoms with van der Waals surface area (Å²) >= 11 is 0. The second kappa shape index (κ2) is 15.2. The number of nitrogens with zero attached hydrogens (tertiary/aromatic N) is 3. The molecule has 0 aliphatic carbocycles. The number of aromatic amines is 2. The van der Waals surface area contributed by atoms with Gasteiger partial charge in [-0.1, -0.05) is 102 Å². The first-order valence-corrected chi connectivity index (χ1v) is 19.2. The molecule has 0 spiro atoms. The van der Waals surface area contributed by atoms with E-state index in [1.165, 1.54) is 16.7 Å². The third kappa shape index (κ3) is 7.17. The number of benzene rings is 4. The zero-order chi connectivity index (χ0) is 39.8. The van der Waals surface area contributed by atoms with Gasteiger partial charge >= 0.3 is 0 Å². The lowest BCUT2D eigenvalue weighted by Crippen LogP contribution is -2.10. The van der Waals surface area contributed by atoms with Crippen molar-refractivity contribution in [2.45, 2.75) is 20.8 Å². The highest BCUT2D eigenvalue weighted by atomic mass is 17.0. The van der Waals surface area contributed by atoms with Crippen LogP contribution >= 0.6 is 0 Å². The average Bonchev–Trinajstić information content (AvgIpc) is 4.07. The summed E-state index contributed by atoms with van der Waals surface area (Å²) in [7, 11) is 0. The monoisotopic (exact) mass is 761 g/mol. The number of hydrogen-bond acceptors (Lipinski definition) is 6. The Bertz CT molecular complexity index is 2880. The van der Waals surface area contributed by atoms with Gasteiger partial charge in [-0.3, -0.25) is 0 Å². The molecule has 7 aromatic rings. The first kappa shape index (κ1) is 36.1. The predicted molar refractivity (Wildman–Crippen MR) is 233 cm³/mol. The topological polar surface area (TPSA) is 119 Å². The number of aryl methyl sites for hydroxylation is 3. The number of hydrogen-bond donors (Lipinski definition) is 2. The van der Waals surface area contributed by atoms with E-state index in [0.717, 1.165) is 89.4 Å². The molecule has 0 saturated carbocycles. The van der Waals surface area contributed by atoms with Crippen molar-refractivity contribution in [3.63, 3.8) is 0 Å². The highest BCUT2D eigenvalue weighted by Crippen LogP contribution is 2.39. The summed E-state index contributed by atoms with van der Waals surface area (Å²) in [6.07, 6.45) is 8.37. The third-order valence-electron chi connectivity index (χ3n) is 10.5. The standard InChI is InChI=1S/C49H39N5O4/c1-30-4-10-33(11-5-30)46-38-20-22-40(50-38)47(34-12-6-31(2)7-13-34)42-24-26-44(52-42)49(36-16-18-37(19-17-36)57-28-29-58-54(55)56)45-27-25-43(53-45)48(41-23-21-39(46)51-41)35-14-8-32(3)9-15-35/h4-27,50,53H,28-29H2,1-3H3. The van der Waals surface area contributed by atoms with Crippen molar-refractivity contribution in [2.75, 3.05) is 13.2 Å². The van der Waals surface area contributed by atoms with E-state index in [1.54, 1.807) is 0 Å². The molecule has 2 N–H and O–H groups in total. The van der Waals surface area contributed by atoms with Gasteiger partial charge in [0, 0.05) is 44.3 Å². The van der Waals surface area contributed by atoms with Crippen molar-refractivity contribution in [3.05, 3.63) is 171 Å². The Balaban J connectivity index is 1.36. The van der Waals surface area contributed by atoms with Crippen molar-refractivity contribution in [1.29, 1.82) is 0 Å². The molecule has 284 valence electrons. The quantitative estimate of drug-likeness (QED) is 0.0858. The largest absolute Gasteiger partial charge is 0.492 e. The maximum absolute atomic E-state index is 10.6. The van der Waals surface area contributed by atoms with Crippen LogP contribution in [0.5, 0.6) is 5.75 Å². The minimum atomic E-state index is -0.822. The summed E-state index contributed by atoms with van der Waals surface area (Å²) in [6, 6.07) is 41.8. The molecular formula is C49H39N5O4. The summed E-state index contributed by atoms with van der Waals surface area (Å²) < 4.78 is 5.75. The van der Waals surface area contributed by atoms with E-state index in [4.69, 9.17) is 14.7 Å². The summed E-state index contributed by atoms with van der Waals surface area (Å²) in [6.45, 7) is 6.16. The van der Waals surface area contributed by atoms with Crippen LogP contribution < -0.4 is 4.74 Å². The Morgan fingerprint density at radius 3 is 1.09 bits per heavy atom. The summed E-state index contributed by atoms with van der Waals surface area (Å²) in [5, 5.41) is 9.79. The van der Waals surface area contributed by atoms with E-state index in [0.29, 0.717) is 5.75 Å². The molecule has 0 fully saturated rings. The van der Waals surface area contributed by atoms with E-state index in [-0.39, 0.29) is 13.2 Å². The van der Waals surface area contributed by atoms with Crippen LogP contribution in [0.3, 0.4) is 0 Å². The van der Waals surface area contributed by atoms with Crippen LogP contribution in [0.15, 0.2) is 121 Å². The SMILES string of the molecule is Cc1ccc(-c2c3nc(c(-c4ccc(C)cc4)c4ccc([nH]4)c(-c4ccc(OCCO[N+](=O)[O-])cc4)c4nc(c(-c5ccc(C)cc5)c5ccc2[nH]5)C=C4)C=C3)cc1. The highest BCUT2D eigenvalue weighted by Gasteiger charge is 2.19. The molecule has 8 bridgehead atoms. The number of ether oxygens (including phenoxy) is 1. The van der Waals surface area contributed by atoms with Gasteiger partial charge < -0.3 is 19.5 Å². The molecule has 9 nitrogen and oxygen atoms in total. The van der Waals surface area contributed by atoms with Gasteiger partial charge in [0.05, 0.1) is 22.8 Å². The Morgan fingerprint density at radius 2 is 0.776 bits per heavy atom. The number of nitrogens with one attached hydrogen (secondary N) is 2. The maximum Gasteiger partial charge on any atom is 0.294 e. The maximum atomic E-state index is 10.6. The lowest BCUT2D eigenvalue weighted by molar-refractivity contribution is -0.757. The van der Waals surface area contributed by atoms with Crippen molar-refractivity contribution in [3.8, 4) is 50.3 Å². The van der Waals surface area contributed by atoms with Crippen molar-refractivity contribution < 1.29 is 14.7 Å². The van der Waals surface area contributed by atoms with Crippen LogP contribution in [0.2, 0.25) is 0 Å². The molecule has 0 radical (unpaired) electrons. The number of rotatable bonds is 9. The Morgan fingerprint density at radius 1 is 0.466 bits per heavy atom. The van der Waals surface area contributed by atoms with Crippen LogP contribution in [0.1, 0.15) is 39.5 Å². The van der Waals surface area contributed by atoms with E-state index in [2.05, 4.69) is 157 Å². The molecule has 58 heavy (non-hydrogen) atoms. The second-order valence-corrected chi connectivity index (χ2v) is 14.5. The molecule has 0 atom stereocenters. The van der Waals surface area contributed by atoms with Crippen LogP contribution in [0.25, 0.3) is 90.9 Å². The molecule has 0 unspecified atom stereocenters. The van der Waals surface area contributed by atoms with Gasteiger partial charge in [0.2, 0.25) is 0 Å². The molecule has 0 saturated heterocycles. The molecule has 9 heteroatoms. The Labute approximate surface area is 335 Å². The number of H-pyrrole nitrogens is 2. The van der Waals surface area contributed by atoms with Gasteiger partial charge in [-0.25, -0.2) is 9.97 Å². The fourth-order valence-corrected chi connectivity index (χ4v) is 7.57. The second-order valence-electron chi connectivity index (χ2n) is 14.5. The molecule has 2 aliphatic rings. The first-order valence-electron chi connectivity index (χ1n) is 19.2. The summed E-state index contributed by atoms with van der Waals surface area (Å²) in [4.78, 5) is 33.4. The number of aromatic nitrogens is 4. The van der Waals surface area contributed by atoms with Crippen molar-refractivity contribution >= 4 is 46.4 Å². The van der Waals surface area contributed by atoms with Gasteiger partial charge in [0.15, 0.2) is 0 Å². The van der Waals surface area contributed by atoms with E-state index in [1.807, 2.05) is 24.3 Å². The zero-order valence-corrected chi connectivity index (χ0v) is 32.2. The smallest absolute Gasteiger partial charge is 0.294 e. The molecule has 5 heterocycles. The first-order chi connectivity index (χ1) is 28.3. The fourth-order valence-electron chi connectivity index (χ4n) is 7.57. The predicted octanol–water partition coefficient (Wildman–Crippen LogP) is 11.8. The van der Waals surface area contributed by atoms with Crippen LogP contribution in [-0.2, 0) is 4.84 Å². The number of fused-ring (bicyclic) bond motifs is 8. The van der Waals surface area contributed by atoms with Gasteiger partial charge in [-0.15, -0.1) is 10.1 Å². The van der Waals surface area contributed by atoms with Gasteiger partial charge in [-0.05, 0) is 104 Å². The summed E-state index contributed by atoms with van der Waals surface area (Å²) in [5.41, 5.74) is 18.5. The summed E-state index contributed by atoms with van der Waals surface area (Å²) in [5.74, 6) is 0.570. The third-order valence-corrected chi connectivity index (χ3v) is 10.5. The lowest BCUT2D eigenvalue weighted by atomic mass is 10.0. The molecule has 2 aliphatic heterocycles. The highest BCUT2D eigenvalue weighted by molar-refractivity contribution is 5.99. The molecule has 9 rings (SSSR count). The molecule has 0 amide bonds. The normalized spacial score (nSPS) is 11.8. The van der Waals surface area contributed by atoms with Gasteiger partial charge in [-0.2, -0.15) is 0 Å². The average molecular weight is 762 g/mol. The Hall–Kier alpha value is -7.52. The Kier molecular flexibility index (Phi) is 9.47.